The Morgan fingerprint density at radius 2 is 1.74 bits per heavy atom. The summed E-state index contributed by atoms with van der Waals surface area (Å²) in [6, 6.07) is -2.20. The molecule has 104 valence electrons. The van der Waals surface area contributed by atoms with Crippen molar-refractivity contribution in [2.75, 3.05) is 11.9 Å². The van der Waals surface area contributed by atoms with Crippen LogP contribution in [0.25, 0.3) is 0 Å². The fraction of sp³-hybridized carbons (Fsp3) is 0.200. The molecule has 0 aromatic heterocycles. The molecule has 0 aliphatic rings. The Kier molecular flexibility index (Phi) is 4.70. The summed E-state index contributed by atoms with van der Waals surface area (Å²) in [6.45, 7) is -0.906. The van der Waals surface area contributed by atoms with Crippen molar-refractivity contribution < 1.29 is 33.0 Å². The van der Waals surface area contributed by atoms with Crippen molar-refractivity contribution in [2.24, 2.45) is 0 Å². The maximum Gasteiger partial charge on any atom is 0.328 e. The van der Waals surface area contributed by atoms with Gasteiger partial charge in [-0.25, -0.2) is 22.8 Å². The average Bonchev–Trinajstić information content (AvgIpc) is 2.30. The van der Waals surface area contributed by atoms with Crippen LogP contribution >= 0.6 is 0 Å². The van der Waals surface area contributed by atoms with E-state index in [-0.39, 0.29) is 0 Å². The zero-order valence-electron chi connectivity index (χ0n) is 9.28. The molecule has 0 fully saturated rings. The zero-order chi connectivity index (χ0) is 14.6. The lowest BCUT2D eigenvalue weighted by Crippen LogP contribution is -2.45. The number of aliphatic carboxylic acids is 1. The molecule has 0 heterocycles. The molecule has 9 heteroatoms. The van der Waals surface area contributed by atoms with Crippen molar-refractivity contribution in [3.63, 3.8) is 0 Å². The van der Waals surface area contributed by atoms with Gasteiger partial charge >= 0.3 is 12.0 Å². The van der Waals surface area contributed by atoms with Gasteiger partial charge in [-0.15, -0.1) is 0 Å². The highest BCUT2D eigenvalue weighted by molar-refractivity contribution is 5.92. The maximum atomic E-state index is 13.2. The number of amides is 2. The van der Waals surface area contributed by atoms with Crippen molar-refractivity contribution in [3.05, 3.63) is 29.6 Å². The van der Waals surface area contributed by atoms with Crippen LogP contribution in [0.5, 0.6) is 0 Å². The first-order valence-corrected chi connectivity index (χ1v) is 4.91. The Morgan fingerprint density at radius 1 is 1.21 bits per heavy atom. The van der Waals surface area contributed by atoms with Crippen molar-refractivity contribution in [2.45, 2.75) is 6.04 Å². The molecule has 0 unspecified atom stereocenters. The average molecular weight is 278 g/mol. The highest BCUT2D eigenvalue weighted by Gasteiger charge is 2.20. The molecule has 1 rings (SSSR count). The molecule has 0 aliphatic carbocycles. The summed E-state index contributed by atoms with van der Waals surface area (Å²) in [4.78, 5) is 21.7. The standard InChI is InChI=1S/C10H9F3N2O4/c11-4-1-5(12)8(6(13)2-4)15-10(19)14-7(3-16)9(17)18/h1-2,7,16H,3H2,(H,17,18)(H2,14,15,19)/t7-/m0/s1. The van der Waals surface area contributed by atoms with Crippen molar-refractivity contribution in [1.82, 2.24) is 5.32 Å². The Labute approximate surface area is 104 Å². The van der Waals surface area contributed by atoms with Crippen molar-refractivity contribution in [3.8, 4) is 0 Å². The molecule has 1 aromatic rings. The van der Waals surface area contributed by atoms with Gasteiger partial charge in [-0.05, 0) is 0 Å². The van der Waals surface area contributed by atoms with Gasteiger partial charge < -0.3 is 20.8 Å². The molecule has 0 saturated carbocycles. The Hall–Kier alpha value is -2.29. The summed E-state index contributed by atoms with van der Waals surface area (Å²) in [7, 11) is 0. The highest BCUT2D eigenvalue weighted by Crippen LogP contribution is 2.19. The first-order chi connectivity index (χ1) is 8.85. The minimum absolute atomic E-state index is 0.347. The number of carboxylic acids is 1. The van der Waals surface area contributed by atoms with E-state index in [1.807, 2.05) is 0 Å². The summed E-state index contributed by atoms with van der Waals surface area (Å²) < 4.78 is 38.9. The summed E-state index contributed by atoms with van der Waals surface area (Å²) in [5.41, 5.74) is -0.930. The van der Waals surface area contributed by atoms with E-state index < -0.39 is 47.8 Å². The van der Waals surface area contributed by atoms with Gasteiger partial charge in [-0.2, -0.15) is 0 Å². The van der Waals surface area contributed by atoms with Gasteiger partial charge in [0.15, 0.2) is 17.7 Å². The quantitative estimate of drug-likeness (QED) is 0.650. The zero-order valence-corrected chi connectivity index (χ0v) is 9.28. The largest absolute Gasteiger partial charge is 0.480 e. The molecule has 6 nitrogen and oxygen atoms in total. The topological polar surface area (TPSA) is 98.7 Å². The van der Waals surface area contributed by atoms with Crippen molar-refractivity contribution >= 4 is 17.7 Å². The third-order valence-corrected chi connectivity index (χ3v) is 2.03. The van der Waals surface area contributed by atoms with Gasteiger partial charge in [0, 0.05) is 12.1 Å². The number of aliphatic hydroxyl groups excluding tert-OH is 1. The van der Waals surface area contributed by atoms with Gasteiger partial charge in [-0.1, -0.05) is 0 Å². The highest BCUT2D eigenvalue weighted by atomic mass is 19.1. The molecule has 0 spiro atoms. The van der Waals surface area contributed by atoms with E-state index in [9.17, 15) is 22.8 Å². The van der Waals surface area contributed by atoms with Crippen LogP contribution in [-0.4, -0.2) is 34.9 Å². The number of halogens is 3. The summed E-state index contributed by atoms with van der Waals surface area (Å²) in [6.07, 6.45) is 0. The third kappa shape index (κ3) is 3.85. The monoisotopic (exact) mass is 278 g/mol. The lowest BCUT2D eigenvalue weighted by atomic mass is 10.3. The lowest BCUT2D eigenvalue weighted by molar-refractivity contribution is -0.140. The predicted octanol–water partition coefficient (Wildman–Crippen LogP) is 0.671. The molecule has 0 aliphatic heterocycles. The van der Waals surface area contributed by atoms with Gasteiger partial charge in [0.1, 0.15) is 11.5 Å². The van der Waals surface area contributed by atoms with Gasteiger partial charge in [-0.3, -0.25) is 0 Å². The van der Waals surface area contributed by atoms with Gasteiger partial charge in [0.2, 0.25) is 0 Å². The number of hydrogen-bond acceptors (Lipinski definition) is 3. The van der Waals surface area contributed by atoms with Crippen LogP contribution < -0.4 is 10.6 Å². The van der Waals surface area contributed by atoms with E-state index in [1.54, 1.807) is 10.6 Å². The van der Waals surface area contributed by atoms with Crippen molar-refractivity contribution in [1.29, 1.82) is 0 Å². The van der Waals surface area contributed by atoms with Crippen LogP contribution in [-0.2, 0) is 4.79 Å². The number of benzene rings is 1. The number of carbonyl (C=O) groups excluding carboxylic acids is 1. The van der Waals surface area contributed by atoms with E-state index in [4.69, 9.17) is 10.2 Å². The Morgan fingerprint density at radius 3 is 2.16 bits per heavy atom. The fourth-order valence-corrected chi connectivity index (χ4v) is 1.15. The molecule has 2 amide bonds. The molecule has 1 atom stereocenters. The van der Waals surface area contributed by atoms with Crippen LogP contribution in [0.1, 0.15) is 0 Å². The number of hydrogen-bond donors (Lipinski definition) is 4. The van der Waals surface area contributed by atoms with Crippen LogP contribution in [0, 0.1) is 17.5 Å². The second kappa shape index (κ2) is 6.05. The summed E-state index contributed by atoms with van der Waals surface area (Å²) in [5.74, 6) is -5.41. The number of nitrogens with one attached hydrogen (secondary N) is 2. The number of urea groups is 1. The van der Waals surface area contributed by atoms with Gasteiger partial charge in [0.25, 0.3) is 0 Å². The van der Waals surface area contributed by atoms with E-state index in [1.165, 1.54) is 0 Å². The Bertz CT molecular complexity index is 487. The third-order valence-electron chi connectivity index (χ3n) is 2.03. The van der Waals surface area contributed by atoms with Crippen LogP contribution in [0.3, 0.4) is 0 Å². The number of carbonyl (C=O) groups is 2. The first-order valence-electron chi connectivity index (χ1n) is 4.91. The van der Waals surface area contributed by atoms with Gasteiger partial charge in [0.05, 0.1) is 6.61 Å². The maximum absolute atomic E-state index is 13.2. The number of anilines is 1. The van der Waals surface area contributed by atoms with Crippen LogP contribution in [0.2, 0.25) is 0 Å². The van der Waals surface area contributed by atoms with E-state index >= 15 is 0 Å². The predicted molar refractivity (Wildman–Crippen MR) is 57.0 cm³/mol. The smallest absolute Gasteiger partial charge is 0.328 e. The minimum Gasteiger partial charge on any atom is -0.480 e. The number of rotatable bonds is 4. The number of aliphatic hydroxyl groups is 1. The molecule has 1 aromatic carbocycles. The minimum atomic E-state index is -1.63. The molecule has 0 saturated heterocycles. The van der Waals surface area contributed by atoms with Crippen LogP contribution in [0.4, 0.5) is 23.7 Å². The molecule has 0 bridgehead atoms. The van der Waals surface area contributed by atoms with Crippen LogP contribution in [0.15, 0.2) is 12.1 Å². The molecular weight excluding hydrogens is 269 g/mol. The van der Waals surface area contributed by atoms with E-state index in [0.29, 0.717) is 12.1 Å². The second-order valence-electron chi connectivity index (χ2n) is 3.42. The molecule has 19 heavy (non-hydrogen) atoms. The summed E-state index contributed by atoms with van der Waals surface area (Å²) >= 11 is 0. The molecule has 0 radical (unpaired) electrons. The summed E-state index contributed by atoms with van der Waals surface area (Å²) in [5, 5.41) is 20.6. The van der Waals surface area contributed by atoms with E-state index in [0.717, 1.165) is 0 Å². The molecular formula is C10H9F3N2O4. The Balaban J connectivity index is 2.80. The normalized spacial score (nSPS) is 11.8. The fourth-order valence-electron chi connectivity index (χ4n) is 1.15. The second-order valence-corrected chi connectivity index (χ2v) is 3.42. The van der Waals surface area contributed by atoms with E-state index in [2.05, 4.69) is 0 Å². The SMILES string of the molecule is O=C(Nc1c(F)cc(F)cc1F)N[C@@H](CO)C(=O)O. The first kappa shape index (κ1) is 14.8. The molecule has 4 N–H and O–H groups in total. The number of carboxylic acid groups (broad SMARTS) is 1. The lowest BCUT2D eigenvalue weighted by Gasteiger charge is -2.13.